The summed E-state index contributed by atoms with van der Waals surface area (Å²) in [5.74, 6) is 2.02. The first-order chi connectivity index (χ1) is 18.4. The zero-order valence-corrected chi connectivity index (χ0v) is 23.4. The Bertz CT molecular complexity index is 1530. The molecular formula is C30H34N6OS. The lowest BCUT2D eigenvalue weighted by Gasteiger charge is -2.27. The predicted molar refractivity (Wildman–Crippen MR) is 153 cm³/mol. The highest BCUT2D eigenvalue weighted by atomic mass is 32.2. The summed E-state index contributed by atoms with van der Waals surface area (Å²) < 4.78 is 2.10. The number of benzene rings is 2. The maximum Gasteiger partial charge on any atom is 0.254 e. The molecule has 0 N–H and O–H groups in total. The van der Waals surface area contributed by atoms with Crippen LogP contribution in [-0.4, -0.2) is 67.4 Å². The number of rotatable bonds is 6. The van der Waals surface area contributed by atoms with E-state index in [0.717, 1.165) is 83.4 Å². The monoisotopic (exact) mass is 526 g/mol. The summed E-state index contributed by atoms with van der Waals surface area (Å²) in [5.41, 5.74) is 7.92. The van der Waals surface area contributed by atoms with Gasteiger partial charge in [-0.25, -0.2) is 0 Å². The highest BCUT2D eigenvalue weighted by Crippen LogP contribution is 2.30. The number of thioether (sulfide) groups is 1. The second-order valence-electron chi connectivity index (χ2n) is 10.7. The molecule has 1 amide bonds. The third kappa shape index (κ3) is 4.60. The van der Waals surface area contributed by atoms with Gasteiger partial charge in [0.05, 0.1) is 5.52 Å². The number of aromatic nitrogens is 4. The molecule has 0 spiro atoms. The van der Waals surface area contributed by atoms with E-state index in [1.807, 2.05) is 44.1 Å². The van der Waals surface area contributed by atoms with E-state index in [4.69, 9.17) is 0 Å². The van der Waals surface area contributed by atoms with Crippen molar-refractivity contribution in [1.29, 1.82) is 0 Å². The van der Waals surface area contributed by atoms with Gasteiger partial charge in [-0.3, -0.25) is 14.7 Å². The third-order valence-electron chi connectivity index (χ3n) is 8.08. The van der Waals surface area contributed by atoms with E-state index in [1.165, 1.54) is 16.7 Å². The van der Waals surface area contributed by atoms with Gasteiger partial charge < -0.3 is 9.47 Å². The lowest BCUT2D eigenvalue weighted by molar-refractivity contribution is 0.0816. The Morgan fingerprint density at radius 1 is 0.974 bits per heavy atom. The van der Waals surface area contributed by atoms with Crippen molar-refractivity contribution >= 4 is 28.6 Å². The number of amides is 1. The molecule has 4 heterocycles. The maximum absolute atomic E-state index is 12.5. The van der Waals surface area contributed by atoms with E-state index < -0.39 is 0 Å². The first kappa shape index (κ1) is 25.1. The van der Waals surface area contributed by atoms with Crippen LogP contribution in [0.4, 0.5) is 0 Å². The molecule has 8 heteroatoms. The summed E-state index contributed by atoms with van der Waals surface area (Å²) in [4.78, 5) is 21.5. The molecule has 2 aromatic heterocycles. The van der Waals surface area contributed by atoms with Crippen molar-refractivity contribution in [3.8, 4) is 11.4 Å². The fourth-order valence-corrected chi connectivity index (χ4v) is 6.80. The standard InChI is InChI=1S/C30H34N6OS/c1-19-8-9-24-25(6-5-7-27(24)31-19)28-32-33-30(35(28)4)38-15-12-20(2)36-13-10-21-16-23-18-34(3)29(37)26(23)17-22(21)11-14-36/h5-9,16-17,20H,10-15,18H2,1-4H3. The Labute approximate surface area is 228 Å². The highest BCUT2D eigenvalue weighted by Gasteiger charge is 2.27. The zero-order valence-electron chi connectivity index (χ0n) is 22.6. The molecule has 0 radical (unpaired) electrons. The third-order valence-corrected chi connectivity index (χ3v) is 9.14. The lowest BCUT2D eigenvalue weighted by Crippen LogP contribution is -2.35. The van der Waals surface area contributed by atoms with Crippen LogP contribution < -0.4 is 0 Å². The second-order valence-corrected chi connectivity index (χ2v) is 11.7. The van der Waals surface area contributed by atoms with Gasteiger partial charge in [0.2, 0.25) is 0 Å². The Morgan fingerprint density at radius 2 is 1.76 bits per heavy atom. The summed E-state index contributed by atoms with van der Waals surface area (Å²) in [6, 6.07) is 15.3. The summed E-state index contributed by atoms with van der Waals surface area (Å²) in [7, 11) is 3.94. The number of aryl methyl sites for hydroxylation is 1. The summed E-state index contributed by atoms with van der Waals surface area (Å²) in [6.07, 6.45) is 3.13. The van der Waals surface area contributed by atoms with E-state index in [2.05, 4.69) is 55.8 Å². The van der Waals surface area contributed by atoms with Gasteiger partial charge in [-0.15, -0.1) is 10.2 Å². The minimum Gasteiger partial charge on any atom is -0.337 e. The van der Waals surface area contributed by atoms with Gasteiger partial charge in [0, 0.05) is 67.7 Å². The Kier molecular flexibility index (Phi) is 6.70. The Hall–Kier alpha value is -3.23. The summed E-state index contributed by atoms with van der Waals surface area (Å²) >= 11 is 1.78. The SMILES string of the molecule is Cc1ccc2c(-c3nnc(SCCC(C)N4CCc5cc6c(cc5CC4)C(=O)N(C)C6)n3C)cccc2n1. The molecule has 6 rings (SSSR count). The van der Waals surface area contributed by atoms with E-state index in [9.17, 15) is 4.79 Å². The topological polar surface area (TPSA) is 67.2 Å². The molecule has 7 nitrogen and oxygen atoms in total. The fraction of sp³-hybridized carbons (Fsp3) is 0.400. The van der Waals surface area contributed by atoms with Crippen LogP contribution in [0.5, 0.6) is 0 Å². The molecule has 2 aromatic carbocycles. The van der Waals surface area contributed by atoms with Crippen molar-refractivity contribution in [3.05, 3.63) is 70.4 Å². The molecule has 38 heavy (non-hydrogen) atoms. The normalized spacial score (nSPS) is 16.5. The van der Waals surface area contributed by atoms with Crippen molar-refractivity contribution < 1.29 is 4.79 Å². The first-order valence-corrected chi connectivity index (χ1v) is 14.4. The second kappa shape index (κ2) is 10.2. The summed E-state index contributed by atoms with van der Waals surface area (Å²) in [6.45, 7) is 7.18. The van der Waals surface area contributed by atoms with Crippen LogP contribution in [0.3, 0.4) is 0 Å². The highest BCUT2D eigenvalue weighted by molar-refractivity contribution is 7.99. The molecule has 196 valence electrons. The van der Waals surface area contributed by atoms with Gasteiger partial charge >= 0.3 is 0 Å². The quantitative estimate of drug-likeness (QED) is 0.333. The molecule has 0 saturated carbocycles. The zero-order chi connectivity index (χ0) is 26.4. The summed E-state index contributed by atoms with van der Waals surface area (Å²) in [5, 5.41) is 11.1. The van der Waals surface area contributed by atoms with Crippen molar-refractivity contribution in [2.24, 2.45) is 7.05 Å². The van der Waals surface area contributed by atoms with E-state index in [-0.39, 0.29) is 5.91 Å². The number of pyridine rings is 1. The molecule has 0 saturated heterocycles. The minimum absolute atomic E-state index is 0.161. The number of nitrogens with zero attached hydrogens (tertiary/aromatic N) is 6. The van der Waals surface area contributed by atoms with E-state index >= 15 is 0 Å². The van der Waals surface area contributed by atoms with Crippen molar-refractivity contribution in [1.82, 2.24) is 29.5 Å². The van der Waals surface area contributed by atoms with E-state index in [0.29, 0.717) is 6.04 Å². The van der Waals surface area contributed by atoms with Gasteiger partial charge in [-0.1, -0.05) is 36.0 Å². The smallest absolute Gasteiger partial charge is 0.254 e. The molecule has 0 aliphatic carbocycles. The average Bonchev–Trinajstić information content (AvgIpc) is 3.30. The van der Waals surface area contributed by atoms with Crippen LogP contribution in [0.2, 0.25) is 0 Å². The van der Waals surface area contributed by atoms with Gasteiger partial charge in [-0.05, 0) is 68.0 Å². The van der Waals surface area contributed by atoms with Crippen LogP contribution >= 0.6 is 11.8 Å². The van der Waals surface area contributed by atoms with Crippen LogP contribution in [-0.2, 0) is 26.4 Å². The molecule has 1 unspecified atom stereocenters. The van der Waals surface area contributed by atoms with Crippen LogP contribution in [0.15, 0.2) is 47.6 Å². The number of carbonyl (C=O) groups excluding carboxylic acids is 1. The van der Waals surface area contributed by atoms with Crippen molar-refractivity contribution in [3.63, 3.8) is 0 Å². The average molecular weight is 527 g/mol. The molecule has 2 aliphatic heterocycles. The Morgan fingerprint density at radius 3 is 2.58 bits per heavy atom. The Balaban J connectivity index is 1.08. The molecule has 2 aliphatic rings. The van der Waals surface area contributed by atoms with Crippen LogP contribution in [0.1, 0.15) is 46.1 Å². The van der Waals surface area contributed by atoms with Gasteiger partial charge in [0.15, 0.2) is 11.0 Å². The van der Waals surface area contributed by atoms with Gasteiger partial charge in [0.25, 0.3) is 5.91 Å². The number of fused-ring (bicyclic) bond motifs is 3. The predicted octanol–water partition coefficient (Wildman–Crippen LogP) is 4.90. The maximum atomic E-state index is 12.5. The van der Waals surface area contributed by atoms with Crippen LogP contribution in [0.25, 0.3) is 22.3 Å². The molecule has 0 bridgehead atoms. The largest absolute Gasteiger partial charge is 0.337 e. The van der Waals surface area contributed by atoms with Gasteiger partial charge in [0.1, 0.15) is 0 Å². The van der Waals surface area contributed by atoms with E-state index in [1.54, 1.807) is 11.8 Å². The fourth-order valence-electron chi connectivity index (χ4n) is 5.78. The molecule has 0 fully saturated rings. The molecule has 4 aromatic rings. The number of carbonyl (C=O) groups is 1. The molecular weight excluding hydrogens is 492 g/mol. The molecule has 1 atom stereocenters. The minimum atomic E-state index is 0.161. The number of hydrogen-bond acceptors (Lipinski definition) is 6. The van der Waals surface area contributed by atoms with Crippen LogP contribution in [0, 0.1) is 6.92 Å². The van der Waals surface area contributed by atoms with Crippen molar-refractivity contribution in [2.75, 3.05) is 25.9 Å². The van der Waals surface area contributed by atoms with Gasteiger partial charge in [-0.2, -0.15) is 0 Å². The number of hydrogen-bond donors (Lipinski definition) is 0. The first-order valence-electron chi connectivity index (χ1n) is 13.4. The lowest BCUT2D eigenvalue weighted by atomic mass is 9.97. The van der Waals surface area contributed by atoms with Crippen molar-refractivity contribution in [2.45, 2.75) is 50.9 Å².